The van der Waals surface area contributed by atoms with Gasteiger partial charge in [-0.1, -0.05) is 42.5 Å². The second-order valence-electron chi connectivity index (χ2n) is 9.92. The maximum atomic E-state index is 13.6. The Morgan fingerprint density at radius 1 is 0.814 bits per heavy atom. The molecule has 2 aromatic rings. The van der Waals surface area contributed by atoms with E-state index in [0.29, 0.717) is 24.2 Å². The summed E-state index contributed by atoms with van der Waals surface area (Å²) in [7, 11) is 0. The maximum Gasteiger partial charge on any atom is 0.326 e. The number of nitrogens with one attached hydrogen (secondary N) is 3. The van der Waals surface area contributed by atoms with E-state index in [-0.39, 0.29) is 37.5 Å². The van der Waals surface area contributed by atoms with Crippen molar-refractivity contribution in [2.24, 2.45) is 22.2 Å². The van der Waals surface area contributed by atoms with Crippen LogP contribution < -0.4 is 33.2 Å². The van der Waals surface area contributed by atoms with Crippen LogP contribution >= 0.6 is 11.8 Å². The number of thioether (sulfide) groups is 1. The average Bonchev–Trinajstić information content (AvgIpc) is 2.97. The average molecular weight is 616 g/mol. The maximum absolute atomic E-state index is 13.6. The zero-order valence-electron chi connectivity index (χ0n) is 24.1. The number of carboxylic acids is 1. The number of carboxylic acid groups (broad SMARTS) is 1. The fraction of sp³-hybridized carbons (Fsp3) is 0.414. The summed E-state index contributed by atoms with van der Waals surface area (Å²) in [4.78, 5) is 55.6. The van der Waals surface area contributed by atoms with Gasteiger partial charge in [-0.25, -0.2) is 4.79 Å². The number of hydrogen-bond donors (Lipinski definition) is 8. The van der Waals surface area contributed by atoms with E-state index in [2.05, 4.69) is 20.9 Å². The predicted octanol–water partition coefficient (Wildman–Crippen LogP) is -0.150. The monoisotopic (exact) mass is 615 g/mol. The number of benzene rings is 2. The first-order chi connectivity index (χ1) is 20.5. The summed E-state index contributed by atoms with van der Waals surface area (Å²) in [6, 6.07) is 10.7. The van der Waals surface area contributed by atoms with Gasteiger partial charge < -0.3 is 43.4 Å². The minimum atomic E-state index is -1.25. The number of aliphatic carboxylic acids is 1. The molecule has 0 spiro atoms. The molecule has 0 aliphatic carbocycles. The number of hydrogen-bond acceptors (Lipinski definition) is 8. The molecule has 14 heteroatoms. The van der Waals surface area contributed by atoms with Gasteiger partial charge in [0, 0.05) is 19.4 Å². The number of rotatable bonds is 18. The zero-order chi connectivity index (χ0) is 31.8. The van der Waals surface area contributed by atoms with Crippen LogP contribution in [0.25, 0.3) is 0 Å². The Labute approximate surface area is 255 Å². The molecule has 13 nitrogen and oxygen atoms in total. The van der Waals surface area contributed by atoms with Gasteiger partial charge in [0.25, 0.3) is 0 Å². The fourth-order valence-electron chi connectivity index (χ4n) is 4.10. The van der Waals surface area contributed by atoms with Crippen LogP contribution in [0.3, 0.4) is 0 Å². The van der Waals surface area contributed by atoms with Gasteiger partial charge in [0.1, 0.15) is 23.9 Å². The first-order valence-electron chi connectivity index (χ1n) is 13.8. The van der Waals surface area contributed by atoms with Crippen molar-refractivity contribution in [2.75, 3.05) is 18.6 Å². The summed E-state index contributed by atoms with van der Waals surface area (Å²) in [6.07, 6.45) is 2.75. The summed E-state index contributed by atoms with van der Waals surface area (Å²) in [5, 5.41) is 27.3. The zero-order valence-corrected chi connectivity index (χ0v) is 24.9. The van der Waals surface area contributed by atoms with Crippen LogP contribution in [0.15, 0.2) is 59.6 Å². The molecule has 0 radical (unpaired) electrons. The molecule has 0 fully saturated rings. The second kappa shape index (κ2) is 18.3. The van der Waals surface area contributed by atoms with E-state index in [1.165, 1.54) is 23.9 Å². The highest BCUT2D eigenvalue weighted by Crippen LogP contribution is 2.13. The summed E-state index contributed by atoms with van der Waals surface area (Å²) in [5.74, 6) is -2.57. The highest BCUT2D eigenvalue weighted by molar-refractivity contribution is 7.98. The lowest BCUT2D eigenvalue weighted by molar-refractivity contribution is -0.142. The Bertz CT molecular complexity index is 1230. The van der Waals surface area contributed by atoms with E-state index < -0.39 is 47.9 Å². The molecular formula is C29H41N7O6S. The highest BCUT2D eigenvalue weighted by Gasteiger charge is 2.30. The Hall–Kier alpha value is -4.30. The van der Waals surface area contributed by atoms with Gasteiger partial charge in [0.2, 0.25) is 17.7 Å². The van der Waals surface area contributed by atoms with Crippen molar-refractivity contribution < 1.29 is 29.4 Å². The summed E-state index contributed by atoms with van der Waals surface area (Å²) >= 11 is 1.54. The van der Waals surface area contributed by atoms with Gasteiger partial charge in [-0.05, 0) is 54.5 Å². The van der Waals surface area contributed by atoms with Gasteiger partial charge in [-0.3, -0.25) is 19.4 Å². The molecule has 0 bridgehead atoms. The first-order valence-corrected chi connectivity index (χ1v) is 15.1. The van der Waals surface area contributed by atoms with Gasteiger partial charge in [-0.2, -0.15) is 11.8 Å². The molecule has 0 heterocycles. The van der Waals surface area contributed by atoms with Crippen molar-refractivity contribution in [1.82, 2.24) is 16.0 Å². The normalized spacial score (nSPS) is 13.5. The van der Waals surface area contributed by atoms with Gasteiger partial charge in [0.05, 0.1) is 6.04 Å². The van der Waals surface area contributed by atoms with Crippen molar-refractivity contribution >= 4 is 41.4 Å². The van der Waals surface area contributed by atoms with Crippen molar-refractivity contribution in [3.63, 3.8) is 0 Å². The number of amides is 3. The molecule has 2 rings (SSSR count). The van der Waals surface area contributed by atoms with Crippen LogP contribution in [0.1, 0.15) is 30.4 Å². The van der Waals surface area contributed by atoms with E-state index in [4.69, 9.17) is 17.2 Å². The first kappa shape index (κ1) is 34.9. The highest BCUT2D eigenvalue weighted by atomic mass is 32.2. The quantitative estimate of drug-likeness (QED) is 0.0627. The third-order valence-corrected chi connectivity index (χ3v) is 7.10. The Balaban J connectivity index is 2.28. The lowest BCUT2D eigenvalue weighted by Gasteiger charge is -2.25. The molecule has 234 valence electrons. The molecule has 2 aromatic carbocycles. The third kappa shape index (κ3) is 13.0. The third-order valence-electron chi connectivity index (χ3n) is 6.45. The van der Waals surface area contributed by atoms with Gasteiger partial charge in [0.15, 0.2) is 5.96 Å². The largest absolute Gasteiger partial charge is 0.508 e. The van der Waals surface area contributed by atoms with E-state index in [9.17, 15) is 29.4 Å². The van der Waals surface area contributed by atoms with E-state index in [0.717, 1.165) is 5.56 Å². The Morgan fingerprint density at radius 3 is 1.88 bits per heavy atom. The molecule has 4 unspecified atom stereocenters. The molecule has 0 aliphatic heterocycles. The van der Waals surface area contributed by atoms with Crippen LogP contribution in [0.5, 0.6) is 5.75 Å². The molecule has 0 aliphatic rings. The number of carbonyl (C=O) groups excluding carboxylic acids is 3. The summed E-state index contributed by atoms with van der Waals surface area (Å²) in [6.45, 7) is 0.184. The molecule has 11 N–H and O–H groups in total. The standard InChI is InChI=1S/C29H41N7O6S/c1-43-15-13-21(30)25(38)35-23(17-19-9-11-20(37)12-10-19)27(40)36-24(16-18-6-3-2-4-7-18)26(39)34-22(28(41)42)8-5-14-33-29(31)32/h2-4,6-7,9-12,21-24,37H,5,8,13-17,30H2,1H3,(H,34,39)(H,35,38)(H,36,40)(H,41,42)(H4,31,32,33). The summed E-state index contributed by atoms with van der Waals surface area (Å²) < 4.78 is 0. The van der Waals surface area contributed by atoms with E-state index in [1.807, 2.05) is 6.26 Å². The molecular weight excluding hydrogens is 574 g/mol. The lowest BCUT2D eigenvalue weighted by Crippen LogP contribution is -2.58. The summed E-state index contributed by atoms with van der Waals surface area (Å²) in [5.41, 5.74) is 18.0. The lowest BCUT2D eigenvalue weighted by atomic mass is 10.0. The molecule has 43 heavy (non-hydrogen) atoms. The topological polar surface area (TPSA) is 235 Å². The second-order valence-corrected chi connectivity index (χ2v) is 10.9. The van der Waals surface area contributed by atoms with Crippen molar-refractivity contribution in [1.29, 1.82) is 0 Å². The Kier molecular flexibility index (Phi) is 14.8. The fourth-order valence-corrected chi connectivity index (χ4v) is 4.59. The number of guanidine groups is 1. The number of phenolic OH excluding ortho intramolecular Hbond substituents is 1. The van der Waals surface area contributed by atoms with Crippen LogP contribution in [-0.2, 0) is 32.0 Å². The van der Waals surface area contributed by atoms with Crippen LogP contribution in [-0.4, -0.2) is 82.6 Å². The Morgan fingerprint density at radius 2 is 1.35 bits per heavy atom. The number of carbonyl (C=O) groups is 4. The van der Waals surface area contributed by atoms with Gasteiger partial charge >= 0.3 is 5.97 Å². The molecule has 0 aromatic heterocycles. The predicted molar refractivity (Wildman–Crippen MR) is 166 cm³/mol. The van der Waals surface area contributed by atoms with Crippen LogP contribution in [0, 0.1) is 0 Å². The SMILES string of the molecule is CSCCC(N)C(=O)NC(Cc1ccc(O)cc1)C(=O)NC(Cc1ccccc1)C(=O)NC(CCCN=C(N)N)C(=O)O. The number of aromatic hydroxyl groups is 1. The van der Waals surface area contributed by atoms with Crippen molar-refractivity contribution in [3.8, 4) is 5.75 Å². The van der Waals surface area contributed by atoms with E-state index in [1.54, 1.807) is 42.5 Å². The van der Waals surface area contributed by atoms with E-state index >= 15 is 0 Å². The van der Waals surface area contributed by atoms with Crippen LogP contribution in [0.4, 0.5) is 0 Å². The molecule has 0 saturated carbocycles. The molecule has 4 atom stereocenters. The minimum absolute atomic E-state index is 0.0405. The van der Waals surface area contributed by atoms with Gasteiger partial charge in [-0.15, -0.1) is 0 Å². The number of aliphatic imine (C=N–C) groups is 1. The number of phenols is 1. The van der Waals surface area contributed by atoms with Crippen LogP contribution in [0.2, 0.25) is 0 Å². The number of nitrogens with two attached hydrogens (primary N) is 3. The van der Waals surface area contributed by atoms with Crippen molar-refractivity contribution in [3.05, 3.63) is 65.7 Å². The molecule has 0 saturated heterocycles. The number of nitrogens with zero attached hydrogens (tertiary/aromatic N) is 1. The van der Waals surface area contributed by atoms with Crippen molar-refractivity contribution in [2.45, 2.75) is 56.3 Å². The smallest absolute Gasteiger partial charge is 0.326 e. The molecule has 3 amide bonds. The minimum Gasteiger partial charge on any atom is -0.508 e.